The maximum Gasteiger partial charge on any atom is 0.0223 e. The zero-order chi connectivity index (χ0) is 14.7. The molecule has 0 spiro atoms. The van der Waals surface area contributed by atoms with E-state index in [4.69, 9.17) is 0 Å². The number of likely N-dealkylation sites (tertiary alicyclic amines) is 1. The number of likely N-dealkylation sites (N-methyl/N-ethyl adjacent to an activating group) is 2. The van der Waals surface area contributed by atoms with Gasteiger partial charge in [-0.1, -0.05) is 19.8 Å². The zero-order valence-corrected chi connectivity index (χ0v) is 14.2. The van der Waals surface area contributed by atoms with Gasteiger partial charge in [-0.05, 0) is 64.6 Å². The number of hydrogen-bond donors (Lipinski definition) is 1. The van der Waals surface area contributed by atoms with Crippen LogP contribution in [0.1, 0.15) is 58.3 Å². The van der Waals surface area contributed by atoms with Crippen LogP contribution in [0.25, 0.3) is 0 Å². The van der Waals surface area contributed by atoms with E-state index in [1.807, 2.05) is 0 Å². The monoisotopic (exact) mass is 293 g/mol. The molecule has 0 bridgehead atoms. The average Bonchev–Trinajstić information content (AvgIpc) is 2.94. The first-order valence-corrected chi connectivity index (χ1v) is 9.45. The molecule has 1 N–H and O–H groups in total. The second-order valence-electron chi connectivity index (χ2n) is 7.74. The molecular formula is C18H35N3. The molecule has 4 atom stereocenters. The van der Waals surface area contributed by atoms with Crippen molar-refractivity contribution < 1.29 is 0 Å². The summed E-state index contributed by atoms with van der Waals surface area (Å²) in [5.41, 5.74) is 0. The van der Waals surface area contributed by atoms with E-state index in [1.165, 1.54) is 77.5 Å². The summed E-state index contributed by atoms with van der Waals surface area (Å²) in [6.07, 6.45) is 11.5. The topological polar surface area (TPSA) is 18.5 Å². The summed E-state index contributed by atoms with van der Waals surface area (Å²) in [4.78, 5) is 5.27. The fraction of sp³-hybridized carbons (Fsp3) is 1.00. The molecule has 122 valence electrons. The van der Waals surface area contributed by atoms with Crippen molar-refractivity contribution in [2.45, 2.75) is 76.4 Å². The van der Waals surface area contributed by atoms with Gasteiger partial charge in [-0.15, -0.1) is 0 Å². The van der Waals surface area contributed by atoms with E-state index in [1.54, 1.807) is 0 Å². The van der Waals surface area contributed by atoms with Crippen LogP contribution in [0.4, 0.5) is 0 Å². The molecule has 0 aromatic carbocycles. The lowest BCUT2D eigenvalue weighted by molar-refractivity contribution is 0.138. The van der Waals surface area contributed by atoms with Crippen LogP contribution in [-0.4, -0.2) is 61.2 Å². The Morgan fingerprint density at radius 1 is 1.00 bits per heavy atom. The largest absolute Gasteiger partial charge is 0.310 e. The summed E-state index contributed by atoms with van der Waals surface area (Å²) in [7, 11) is 2.33. The summed E-state index contributed by atoms with van der Waals surface area (Å²) >= 11 is 0. The van der Waals surface area contributed by atoms with Crippen molar-refractivity contribution >= 4 is 0 Å². The Balaban J connectivity index is 1.43. The van der Waals surface area contributed by atoms with Gasteiger partial charge in [0.05, 0.1) is 0 Å². The molecule has 0 aromatic rings. The standard InChI is InChI=1S/C18H35N3/c1-3-21-12-6-8-17(21)14-20(2)13-16-11-10-15-7-4-5-9-18(15)19-16/h15-19H,3-14H2,1-2H3. The Kier molecular flexibility index (Phi) is 5.58. The fourth-order valence-corrected chi connectivity index (χ4v) is 5.05. The number of nitrogens with one attached hydrogen (secondary N) is 1. The van der Waals surface area contributed by atoms with Gasteiger partial charge >= 0.3 is 0 Å². The van der Waals surface area contributed by atoms with Gasteiger partial charge in [0.1, 0.15) is 0 Å². The Hall–Kier alpha value is -0.120. The Morgan fingerprint density at radius 2 is 1.86 bits per heavy atom. The molecule has 0 amide bonds. The molecule has 21 heavy (non-hydrogen) atoms. The molecule has 1 saturated carbocycles. The Morgan fingerprint density at radius 3 is 2.71 bits per heavy atom. The van der Waals surface area contributed by atoms with Crippen LogP contribution in [0.3, 0.4) is 0 Å². The number of fused-ring (bicyclic) bond motifs is 1. The third-order valence-electron chi connectivity index (χ3n) is 6.20. The molecule has 0 radical (unpaired) electrons. The highest BCUT2D eigenvalue weighted by molar-refractivity contribution is 4.91. The van der Waals surface area contributed by atoms with E-state index in [0.717, 1.165) is 24.0 Å². The van der Waals surface area contributed by atoms with Gasteiger partial charge in [0.2, 0.25) is 0 Å². The molecule has 3 aliphatic rings. The Labute approximate surface area is 131 Å². The molecule has 3 rings (SSSR count). The van der Waals surface area contributed by atoms with E-state index >= 15 is 0 Å². The smallest absolute Gasteiger partial charge is 0.0223 e. The maximum atomic E-state index is 3.98. The van der Waals surface area contributed by atoms with E-state index in [-0.39, 0.29) is 0 Å². The molecule has 1 aliphatic carbocycles. The molecule has 3 heteroatoms. The SMILES string of the molecule is CCN1CCCC1CN(C)CC1CCC2CCCCC2N1. The van der Waals surface area contributed by atoms with Gasteiger partial charge in [-0.25, -0.2) is 0 Å². The van der Waals surface area contributed by atoms with Crippen LogP contribution in [-0.2, 0) is 0 Å². The molecule has 2 aliphatic heterocycles. The third-order valence-corrected chi connectivity index (χ3v) is 6.20. The highest BCUT2D eigenvalue weighted by Gasteiger charge is 2.32. The van der Waals surface area contributed by atoms with Crippen molar-refractivity contribution in [1.82, 2.24) is 15.1 Å². The van der Waals surface area contributed by atoms with Crippen LogP contribution < -0.4 is 5.32 Å². The van der Waals surface area contributed by atoms with Crippen LogP contribution in [0.2, 0.25) is 0 Å². The van der Waals surface area contributed by atoms with Gasteiger partial charge < -0.3 is 10.2 Å². The van der Waals surface area contributed by atoms with E-state index in [9.17, 15) is 0 Å². The lowest BCUT2D eigenvalue weighted by Gasteiger charge is -2.42. The molecule has 2 saturated heterocycles. The van der Waals surface area contributed by atoms with Crippen LogP contribution in [0, 0.1) is 5.92 Å². The summed E-state index contributed by atoms with van der Waals surface area (Å²) in [5.74, 6) is 0.991. The minimum atomic E-state index is 0.742. The molecule has 4 unspecified atom stereocenters. The first-order valence-electron chi connectivity index (χ1n) is 9.45. The van der Waals surface area contributed by atoms with Gasteiger partial charge in [-0.3, -0.25) is 4.90 Å². The van der Waals surface area contributed by atoms with Gasteiger partial charge in [0, 0.05) is 31.2 Å². The average molecular weight is 293 g/mol. The summed E-state index contributed by atoms with van der Waals surface area (Å²) in [6.45, 7) is 7.37. The summed E-state index contributed by atoms with van der Waals surface area (Å²) in [6, 6.07) is 2.39. The minimum Gasteiger partial charge on any atom is -0.310 e. The van der Waals surface area contributed by atoms with Crippen molar-refractivity contribution in [3.8, 4) is 0 Å². The molecule has 3 fully saturated rings. The van der Waals surface area contributed by atoms with Gasteiger partial charge in [0.15, 0.2) is 0 Å². The minimum absolute atomic E-state index is 0.742. The molecular weight excluding hydrogens is 258 g/mol. The molecule has 2 heterocycles. The van der Waals surface area contributed by atoms with Crippen LogP contribution in [0.5, 0.6) is 0 Å². The lowest BCUT2D eigenvalue weighted by Crippen LogP contribution is -2.53. The second-order valence-corrected chi connectivity index (χ2v) is 7.74. The van der Waals surface area contributed by atoms with E-state index in [0.29, 0.717) is 0 Å². The number of rotatable bonds is 5. The van der Waals surface area contributed by atoms with Crippen LogP contribution in [0.15, 0.2) is 0 Å². The predicted octanol–water partition coefficient (Wildman–Crippen LogP) is 2.71. The first kappa shape index (κ1) is 15.8. The van der Waals surface area contributed by atoms with Crippen molar-refractivity contribution in [1.29, 1.82) is 0 Å². The Bertz CT molecular complexity index is 320. The predicted molar refractivity (Wildman–Crippen MR) is 89.7 cm³/mol. The molecule has 0 aromatic heterocycles. The zero-order valence-electron chi connectivity index (χ0n) is 14.2. The normalized spacial score (nSPS) is 37.9. The number of piperidine rings is 1. The van der Waals surface area contributed by atoms with E-state index in [2.05, 4.69) is 29.1 Å². The molecule has 3 nitrogen and oxygen atoms in total. The van der Waals surface area contributed by atoms with Crippen molar-refractivity contribution in [3.05, 3.63) is 0 Å². The third kappa shape index (κ3) is 4.00. The highest BCUT2D eigenvalue weighted by atomic mass is 15.2. The van der Waals surface area contributed by atoms with Gasteiger partial charge in [-0.2, -0.15) is 0 Å². The van der Waals surface area contributed by atoms with Gasteiger partial charge in [0.25, 0.3) is 0 Å². The van der Waals surface area contributed by atoms with Crippen molar-refractivity contribution in [2.75, 3.05) is 33.2 Å². The fourth-order valence-electron chi connectivity index (χ4n) is 5.05. The quantitative estimate of drug-likeness (QED) is 0.841. The summed E-state index contributed by atoms with van der Waals surface area (Å²) < 4.78 is 0. The number of hydrogen-bond acceptors (Lipinski definition) is 3. The van der Waals surface area contributed by atoms with E-state index < -0.39 is 0 Å². The highest BCUT2D eigenvalue weighted by Crippen LogP contribution is 2.32. The first-order chi connectivity index (χ1) is 10.3. The van der Waals surface area contributed by atoms with Crippen molar-refractivity contribution in [3.63, 3.8) is 0 Å². The second kappa shape index (κ2) is 7.43. The summed E-state index contributed by atoms with van der Waals surface area (Å²) in [5, 5.41) is 3.98. The lowest BCUT2D eigenvalue weighted by atomic mass is 9.78. The van der Waals surface area contributed by atoms with Crippen LogP contribution >= 0.6 is 0 Å². The number of nitrogens with zero attached hydrogens (tertiary/aromatic N) is 2. The van der Waals surface area contributed by atoms with Crippen molar-refractivity contribution in [2.24, 2.45) is 5.92 Å². The maximum absolute atomic E-state index is 3.98.